The standard InChI is InChI=1S/C16H24N2O/c1-11(16(2,3)4)9-18-15(19)13-10-17-14-8-6-5-7-12(13)14/h5-8,11,13,17H,9-10H2,1-4H3,(H,18,19). The van der Waals surface area contributed by atoms with Crippen molar-refractivity contribution in [3.8, 4) is 0 Å². The molecule has 1 aromatic rings. The van der Waals surface area contributed by atoms with E-state index >= 15 is 0 Å². The first kappa shape index (κ1) is 13.9. The third kappa shape index (κ3) is 3.09. The SMILES string of the molecule is CC(CNC(=O)C1CNc2ccccc21)C(C)(C)C. The van der Waals surface area contributed by atoms with Crippen LogP contribution in [-0.4, -0.2) is 19.0 Å². The first-order valence-electron chi connectivity index (χ1n) is 7.00. The highest BCUT2D eigenvalue weighted by atomic mass is 16.1. The molecule has 1 heterocycles. The van der Waals surface area contributed by atoms with Crippen LogP contribution in [0, 0.1) is 11.3 Å². The van der Waals surface area contributed by atoms with E-state index in [1.807, 2.05) is 24.3 Å². The fourth-order valence-corrected chi connectivity index (χ4v) is 2.20. The summed E-state index contributed by atoms with van der Waals surface area (Å²) in [5.41, 5.74) is 2.42. The van der Waals surface area contributed by atoms with Gasteiger partial charge in [-0.1, -0.05) is 45.9 Å². The molecule has 0 bridgehead atoms. The summed E-state index contributed by atoms with van der Waals surface area (Å²) in [6.45, 7) is 10.2. The van der Waals surface area contributed by atoms with Crippen molar-refractivity contribution in [1.82, 2.24) is 5.32 Å². The summed E-state index contributed by atoms with van der Waals surface area (Å²) in [5.74, 6) is 0.540. The van der Waals surface area contributed by atoms with Crippen molar-refractivity contribution >= 4 is 11.6 Å². The number of carbonyl (C=O) groups is 1. The smallest absolute Gasteiger partial charge is 0.229 e. The van der Waals surface area contributed by atoms with Crippen molar-refractivity contribution in [3.63, 3.8) is 0 Å². The summed E-state index contributed by atoms with van der Waals surface area (Å²) in [6.07, 6.45) is 0. The van der Waals surface area contributed by atoms with Gasteiger partial charge >= 0.3 is 0 Å². The largest absolute Gasteiger partial charge is 0.384 e. The number of anilines is 1. The molecule has 2 atom stereocenters. The van der Waals surface area contributed by atoms with Crippen LogP contribution in [0.2, 0.25) is 0 Å². The molecule has 0 saturated carbocycles. The molecule has 0 radical (unpaired) electrons. The molecule has 0 aromatic heterocycles. The van der Waals surface area contributed by atoms with Crippen LogP contribution in [-0.2, 0) is 4.79 Å². The average Bonchev–Trinajstić information content (AvgIpc) is 2.78. The zero-order valence-corrected chi connectivity index (χ0v) is 12.3. The summed E-state index contributed by atoms with van der Waals surface area (Å²) < 4.78 is 0. The molecule has 0 saturated heterocycles. The Morgan fingerprint density at radius 3 is 2.79 bits per heavy atom. The molecular weight excluding hydrogens is 236 g/mol. The molecule has 2 N–H and O–H groups in total. The molecule has 2 rings (SSSR count). The number of benzene rings is 1. The third-order valence-corrected chi connectivity index (χ3v) is 4.21. The summed E-state index contributed by atoms with van der Waals surface area (Å²) >= 11 is 0. The van der Waals surface area contributed by atoms with Crippen LogP contribution in [0.1, 0.15) is 39.2 Å². The number of rotatable bonds is 3. The van der Waals surface area contributed by atoms with Gasteiger partial charge in [0.1, 0.15) is 0 Å². The Bertz CT molecular complexity index is 462. The first-order valence-corrected chi connectivity index (χ1v) is 7.00. The van der Waals surface area contributed by atoms with Crippen molar-refractivity contribution in [2.24, 2.45) is 11.3 Å². The monoisotopic (exact) mass is 260 g/mol. The minimum absolute atomic E-state index is 0.0524. The van der Waals surface area contributed by atoms with Gasteiger partial charge in [-0.2, -0.15) is 0 Å². The van der Waals surface area contributed by atoms with E-state index in [2.05, 4.69) is 38.3 Å². The predicted octanol–water partition coefficient (Wildman–Crippen LogP) is 2.99. The van der Waals surface area contributed by atoms with Gasteiger partial charge in [-0.15, -0.1) is 0 Å². The minimum atomic E-state index is -0.0524. The van der Waals surface area contributed by atoms with Gasteiger partial charge in [0.05, 0.1) is 5.92 Å². The van der Waals surface area contributed by atoms with Gasteiger partial charge in [-0.3, -0.25) is 4.79 Å². The number of hydrogen-bond donors (Lipinski definition) is 2. The lowest BCUT2D eigenvalue weighted by molar-refractivity contribution is -0.122. The van der Waals surface area contributed by atoms with Gasteiger partial charge in [0.15, 0.2) is 0 Å². The zero-order valence-electron chi connectivity index (χ0n) is 12.3. The molecule has 0 aliphatic carbocycles. The second-order valence-corrected chi connectivity index (χ2v) is 6.53. The second-order valence-electron chi connectivity index (χ2n) is 6.53. The van der Waals surface area contributed by atoms with E-state index in [9.17, 15) is 4.79 Å². The fraction of sp³-hybridized carbons (Fsp3) is 0.562. The number of carbonyl (C=O) groups excluding carboxylic acids is 1. The van der Waals surface area contributed by atoms with Crippen LogP contribution < -0.4 is 10.6 Å². The fourth-order valence-electron chi connectivity index (χ4n) is 2.20. The Morgan fingerprint density at radius 1 is 1.42 bits per heavy atom. The number of nitrogens with one attached hydrogen (secondary N) is 2. The van der Waals surface area contributed by atoms with Gasteiger partial charge in [-0.05, 0) is 23.0 Å². The van der Waals surface area contributed by atoms with E-state index in [1.165, 1.54) is 0 Å². The third-order valence-electron chi connectivity index (χ3n) is 4.21. The predicted molar refractivity (Wildman–Crippen MR) is 79.3 cm³/mol. The summed E-state index contributed by atoms with van der Waals surface area (Å²) in [7, 11) is 0. The summed E-state index contributed by atoms with van der Waals surface area (Å²) in [6, 6.07) is 8.05. The molecule has 1 aliphatic rings. The Labute approximate surface area is 115 Å². The van der Waals surface area contributed by atoms with Crippen molar-refractivity contribution in [2.45, 2.75) is 33.6 Å². The highest BCUT2D eigenvalue weighted by Gasteiger charge is 2.29. The maximum Gasteiger partial charge on any atom is 0.229 e. The molecule has 1 aliphatic heterocycles. The molecule has 0 spiro atoms. The van der Waals surface area contributed by atoms with E-state index in [-0.39, 0.29) is 17.2 Å². The van der Waals surface area contributed by atoms with E-state index in [0.29, 0.717) is 12.5 Å². The van der Waals surface area contributed by atoms with Crippen LogP contribution in [0.3, 0.4) is 0 Å². The van der Waals surface area contributed by atoms with Gasteiger partial charge in [0, 0.05) is 18.8 Å². The maximum atomic E-state index is 12.3. The Balaban J connectivity index is 1.96. The van der Waals surface area contributed by atoms with E-state index < -0.39 is 0 Å². The van der Waals surface area contributed by atoms with Crippen LogP contribution in [0.15, 0.2) is 24.3 Å². The molecule has 104 valence electrons. The Kier molecular flexibility index (Phi) is 3.83. The first-order chi connectivity index (χ1) is 8.89. The van der Waals surface area contributed by atoms with Gasteiger partial charge in [0.2, 0.25) is 5.91 Å². The van der Waals surface area contributed by atoms with Crippen LogP contribution in [0.5, 0.6) is 0 Å². The topological polar surface area (TPSA) is 41.1 Å². The highest BCUT2D eigenvalue weighted by molar-refractivity contribution is 5.88. The quantitative estimate of drug-likeness (QED) is 0.877. The van der Waals surface area contributed by atoms with Crippen molar-refractivity contribution in [2.75, 3.05) is 18.4 Å². The molecule has 2 unspecified atom stereocenters. The van der Waals surface area contributed by atoms with Gasteiger partial charge < -0.3 is 10.6 Å². The normalized spacial score (nSPS) is 19.5. The van der Waals surface area contributed by atoms with Crippen LogP contribution in [0.25, 0.3) is 0 Å². The molecule has 1 aromatic carbocycles. The van der Waals surface area contributed by atoms with Crippen molar-refractivity contribution in [3.05, 3.63) is 29.8 Å². The van der Waals surface area contributed by atoms with Gasteiger partial charge in [-0.25, -0.2) is 0 Å². The number of para-hydroxylation sites is 1. The Morgan fingerprint density at radius 2 is 2.11 bits per heavy atom. The minimum Gasteiger partial charge on any atom is -0.384 e. The summed E-state index contributed by atoms with van der Waals surface area (Å²) in [5, 5.41) is 6.38. The van der Waals surface area contributed by atoms with E-state index in [1.54, 1.807) is 0 Å². The molecule has 3 heteroatoms. The van der Waals surface area contributed by atoms with E-state index in [4.69, 9.17) is 0 Å². The molecule has 0 fully saturated rings. The zero-order chi connectivity index (χ0) is 14.0. The number of fused-ring (bicyclic) bond motifs is 1. The van der Waals surface area contributed by atoms with Crippen molar-refractivity contribution < 1.29 is 4.79 Å². The molecule has 1 amide bonds. The van der Waals surface area contributed by atoms with Crippen LogP contribution >= 0.6 is 0 Å². The number of amides is 1. The Hall–Kier alpha value is -1.51. The molecule has 19 heavy (non-hydrogen) atoms. The lowest BCUT2D eigenvalue weighted by Gasteiger charge is -2.27. The van der Waals surface area contributed by atoms with E-state index in [0.717, 1.165) is 17.8 Å². The average molecular weight is 260 g/mol. The van der Waals surface area contributed by atoms with Crippen molar-refractivity contribution in [1.29, 1.82) is 0 Å². The molecule has 3 nitrogen and oxygen atoms in total. The lowest BCUT2D eigenvalue weighted by Crippen LogP contribution is -2.37. The lowest BCUT2D eigenvalue weighted by atomic mass is 9.82. The second kappa shape index (κ2) is 5.24. The number of hydrogen-bond acceptors (Lipinski definition) is 2. The highest BCUT2D eigenvalue weighted by Crippen LogP contribution is 2.31. The van der Waals surface area contributed by atoms with Gasteiger partial charge in [0.25, 0.3) is 0 Å². The summed E-state index contributed by atoms with van der Waals surface area (Å²) in [4.78, 5) is 12.3. The maximum absolute atomic E-state index is 12.3. The molecular formula is C16H24N2O. The van der Waals surface area contributed by atoms with Crippen LogP contribution in [0.4, 0.5) is 5.69 Å².